The number of hydrogen-bond donors (Lipinski definition) is 0. The van der Waals surface area contributed by atoms with Gasteiger partial charge in [0.15, 0.2) is 0 Å². The number of benzene rings is 7. The molecule has 0 bridgehead atoms. The van der Waals surface area contributed by atoms with E-state index in [4.69, 9.17) is 9.40 Å². The molecule has 0 unspecified atom stereocenters. The van der Waals surface area contributed by atoms with Gasteiger partial charge < -0.3 is 14.0 Å². The van der Waals surface area contributed by atoms with Crippen molar-refractivity contribution < 1.29 is 24.5 Å². The number of furan rings is 1. The fourth-order valence-corrected chi connectivity index (χ4v) is 6.75. The normalized spacial score (nSPS) is 10.9. The first-order chi connectivity index (χ1) is 25.8. The zero-order valence-electron chi connectivity index (χ0n) is 28.5. The smallest absolute Gasteiger partial charge is 0.0774 e. The number of imidazole rings is 1. The van der Waals surface area contributed by atoms with Crippen molar-refractivity contribution in [3.63, 3.8) is 0 Å². The van der Waals surface area contributed by atoms with Crippen molar-refractivity contribution in [1.29, 1.82) is 0 Å². The summed E-state index contributed by atoms with van der Waals surface area (Å²) in [6.45, 7) is 0. The molecule has 0 amide bonds. The summed E-state index contributed by atoms with van der Waals surface area (Å²) in [5, 5.41) is 3.44. The van der Waals surface area contributed by atoms with E-state index in [1.807, 2.05) is 60.7 Å². The summed E-state index contributed by atoms with van der Waals surface area (Å²) in [4.78, 5) is 9.30. The van der Waals surface area contributed by atoms with Gasteiger partial charge in [0.05, 0.1) is 16.9 Å². The van der Waals surface area contributed by atoms with Gasteiger partial charge in [-0.05, 0) is 69.1 Å². The van der Waals surface area contributed by atoms with Crippen LogP contribution in [-0.2, 0) is 20.1 Å². The average Bonchev–Trinajstić information content (AvgIpc) is 3.83. The average molecular weight is 858 g/mol. The zero-order chi connectivity index (χ0) is 34.7. The predicted octanol–water partition coefficient (Wildman–Crippen LogP) is 12.3. The van der Waals surface area contributed by atoms with Crippen molar-refractivity contribution in [2.75, 3.05) is 0 Å². The van der Waals surface area contributed by atoms with Gasteiger partial charge in [-0.25, -0.2) is 0 Å². The minimum absolute atomic E-state index is 0. The van der Waals surface area contributed by atoms with Crippen LogP contribution >= 0.6 is 0 Å². The molecule has 7 aromatic carbocycles. The Morgan fingerprint density at radius 3 is 2.13 bits per heavy atom. The third-order valence-corrected chi connectivity index (χ3v) is 9.28. The maximum Gasteiger partial charge on any atom is 0.0774 e. The van der Waals surface area contributed by atoms with Crippen LogP contribution in [0.4, 0.5) is 0 Å². The van der Waals surface area contributed by atoms with Gasteiger partial charge in [-0.3, -0.25) is 4.98 Å². The van der Waals surface area contributed by atoms with E-state index in [2.05, 4.69) is 143 Å². The van der Waals surface area contributed by atoms with Gasteiger partial charge in [-0.1, -0.05) is 138 Å². The molecule has 0 saturated carbocycles. The minimum Gasteiger partial charge on any atom is -0.557 e. The van der Waals surface area contributed by atoms with Gasteiger partial charge in [0, 0.05) is 43.8 Å². The molecule has 10 aromatic rings. The quantitative estimate of drug-likeness (QED) is 0.162. The van der Waals surface area contributed by atoms with E-state index in [1.165, 1.54) is 27.5 Å². The van der Waals surface area contributed by atoms with Crippen molar-refractivity contribution in [2.45, 2.75) is 0 Å². The first kappa shape index (κ1) is 33.7. The minimum atomic E-state index is 0. The fourth-order valence-electron chi connectivity index (χ4n) is 6.75. The Hall–Kier alpha value is -6.39. The van der Waals surface area contributed by atoms with Gasteiger partial charge >= 0.3 is 0 Å². The molecule has 1 radical (unpaired) electrons. The van der Waals surface area contributed by atoms with Crippen LogP contribution in [0.3, 0.4) is 0 Å². The molecule has 53 heavy (non-hydrogen) atoms. The summed E-state index contributed by atoms with van der Waals surface area (Å²) in [5.74, 6) is 0.808. The van der Waals surface area contributed by atoms with E-state index in [-0.39, 0.29) is 20.1 Å². The van der Waals surface area contributed by atoms with E-state index >= 15 is 0 Å². The Labute approximate surface area is 321 Å². The van der Waals surface area contributed by atoms with Crippen molar-refractivity contribution in [1.82, 2.24) is 14.5 Å². The number of rotatable bonds is 5. The standard InChI is InChI=1S/C37H23N2O.C11H8N.Ir/c1-2-9-25(10-3-1)26-17-20-29(21-18-26)39-35-16-7-6-15-34(35)38-37(39)33-24-40-36-22-19-28(23-32(33)36)31-14-8-12-27-11-4-5-13-30(27)31;1-2-6-10(7-3-1)11-8-4-5-9-12-11;/h1-23H;1-6,8-9H;/q2*-1;. The van der Waals surface area contributed by atoms with Crippen LogP contribution < -0.4 is 0 Å². The molecule has 0 aliphatic carbocycles. The number of para-hydroxylation sites is 2. The Bertz CT molecular complexity index is 2730. The van der Waals surface area contributed by atoms with Gasteiger partial charge in [-0.2, -0.15) is 0 Å². The molecule has 0 N–H and O–H groups in total. The summed E-state index contributed by atoms with van der Waals surface area (Å²) < 4.78 is 8.17. The number of nitrogens with zero attached hydrogens (tertiary/aromatic N) is 3. The largest absolute Gasteiger partial charge is 0.557 e. The second-order valence-corrected chi connectivity index (χ2v) is 12.5. The van der Waals surface area contributed by atoms with Gasteiger partial charge in [0.25, 0.3) is 0 Å². The molecule has 255 valence electrons. The predicted molar refractivity (Wildman–Crippen MR) is 212 cm³/mol. The van der Waals surface area contributed by atoms with E-state index < -0.39 is 0 Å². The first-order valence-electron chi connectivity index (χ1n) is 17.2. The molecule has 0 saturated heterocycles. The number of hydrogen-bond acceptors (Lipinski definition) is 3. The topological polar surface area (TPSA) is 43.9 Å². The number of aromatic nitrogens is 3. The maximum absolute atomic E-state index is 5.97. The molecule has 0 fully saturated rings. The van der Waals surface area contributed by atoms with Crippen LogP contribution in [0.25, 0.3) is 83.4 Å². The number of pyridine rings is 1. The molecule has 3 aromatic heterocycles. The third-order valence-electron chi connectivity index (χ3n) is 9.28. The molecular formula is C48H31IrN3O-2. The van der Waals surface area contributed by atoms with Crippen molar-refractivity contribution in [3.05, 3.63) is 201 Å². The SMILES string of the molecule is [Ir].[c-]1ccccc1-c1ccccn1.[c-]1oc2ccc(-c3cccc4ccccc34)cc2c1-c1nc2ccccc2n1-c1ccc(-c2ccccc2)cc1. The summed E-state index contributed by atoms with van der Waals surface area (Å²) in [5.41, 5.74) is 11.4. The van der Waals surface area contributed by atoms with Gasteiger partial charge in [0.1, 0.15) is 0 Å². The van der Waals surface area contributed by atoms with Crippen LogP contribution in [0.5, 0.6) is 0 Å². The summed E-state index contributed by atoms with van der Waals surface area (Å²) >= 11 is 0. The van der Waals surface area contributed by atoms with E-state index in [0.29, 0.717) is 0 Å². The van der Waals surface area contributed by atoms with Crippen molar-refractivity contribution in [2.24, 2.45) is 0 Å². The fraction of sp³-hybridized carbons (Fsp3) is 0. The Morgan fingerprint density at radius 2 is 1.30 bits per heavy atom. The summed E-state index contributed by atoms with van der Waals surface area (Å²) in [7, 11) is 0. The molecule has 0 aliphatic rings. The molecule has 0 atom stereocenters. The van der Waals surface area contributed by atoms with Crippen LogP contribution in [0.1, 0.15) is 0 Å². The Balaban J connectivity index is 0.000000262. The van der Waals surface area contributed by atoms with Crippen molar-refractivity contribution in [3.8, 4) is 50.6 Å². The van der Waals surface area contributed by atoms with Gasteiger partial charge in [0.2, 0.25) is 0 Å². The first-order valence-corrected chi connectivity index (χ1v) is 17.2. The molecule has 5 heteroatoms. The summed E-state index contributed by atoms with van der Waals surface area (Å²) in [6.07, 6.45) is 4.98. The van der Waals surface area contributed by atoms with Crippen LogP contribution in [0, 0.1) is 12.3 Å². The molecule has 0 aliphatic heterocycles. The number of fused-ring (bicyclic) bond motifs is 3. The second kappa shape index (κ2) is 15.1. The molecule has 10 rings (SSSR count). The molecule has 0 spiro atoms. The Kier molecular flexibility index (Phi) is 9.59. The molecule has 3 heterocycles. The van der Waals surface area contributed by atoms with Crippen LogP contribution in [0.15, 0.2) is 193 Å². The molecular weight excluding hydrogens is 827 g/mol. The van der Waals surface area contributed by atoms with E-state index in [0.717, 1.165) is 55.9 Å². The third kappa shape index (κ3) is 6.72. The zero-order valence-corrected chi connectivity index (χ0v) is 30.9. The molecule has 4 nitrogen and oxygen atoms in total. The van der Waals surface area contributed by atoms with Crippen molar-refractivity contribution >= 4 is 32.8 Å². The van der Waals surface area contributed by atoms with Crippen LogP contribution in [-0.4, -0.2) is 14.5 Å². The Morgan fingerprint density at radius 1 is 0.566 bits per heavy atom. The monoisotopic (exact) mass is 858 g/mol. The summed E-state index contributed by atoms with van der Waals surface area (Å²) in [6, 6.07) is 65.4. The van der Waals surface area contributed by atoms with Gasteiger partial charge in [-0.15, -0.1) is 35.9 Å². The van der Waals surface area contributed by atoms with E-state index in [9.17, 15) is 0 Å². The maximum atomic E-state index is 5.97. The van der Waals surface area contributed by atoms with Crippen LogP contribution in [0.2, 0.25) is 0 Å². The second-order valence-electron chi connectivity index (χ2n) is 12.5. The van der Waals surface area contributed by atoms with E-state index in [1.54, 1.807) is 6.20 Å².